The normalized spacial score (nSPS) is 33.6. The Bertz CT molecular complexity index is 540. The van der Waals surface area contributed by atoms with Gasteiger partial charge in [0.2, 0.25) is 0 Å². The van der Waals surface area contributed by atoms with Gasteiger partial charge in [-0.3, -0.25) is 14.3 Å². The summed E-state index contributed by atoms with van der Waals surface area (Å²) in [5, 5.41) is 28.5. The van der Waals surface area contributed by atoms with E-state index < -0.39 is 41.4 Å². The van der Waals surface area contributed by atoms with Crippen LogP contribution in [0.15, 0.2) is 21.9 Å². The molecule has 1 aliphatic heterocycles. The van der Waals surface area contributed by atoms with Crippen LogP contribution < -0.4 is 11.2 Å². The number of H-pyrrole nitrogens is 1. The summed E-state index contributed by atoms with van der Waals surface area (Å²) in [4.78, 5) is 24.4. The molecule has 1 unspecified atom stereocenters. The third-order valence-electron chi connectivity index (χ3n) is 2.67. The fraction of sp³-hybridized carbons (Fsp3) is 0.556. The van der Waals surface area contributed by atoms with E-state index in [1.54, 1.807) is 0 Å². The highest BCUT2D eigenvalue weighted by Crippen LogP contribution is 2.30. The molecule has 0 saturated carbocycles. The molecule has 0 spiro atoms. The van der Waals surface area contributed by atoms with E-state index >= 15 is 0 Å². The van der Waals surface area contributed by atoms with Gasteiger partial charge in [-0.25, -0.2) is 4.79 Å². The highest BCUT2D eigenvalue weighted by atomic mass is 35.5. The van der Waals surface area contributed by atoms with Gasteiger partial charge < -0.3 is 20.1 Å². The Labute approximate surface area is 105 Å². The summed E-state index contributed by atoms with van der Waals surface area (Å²) < 4.78 is 6.01. The zero-order valence-corrected chi connectivity index (χ0v) is 9.69. The number of aromatic nitrogens is 2. The largest absolute Gasteiger partial charge is 0.387 e. The number of aliphatic hydroxyl groups excluding tert-OH is 3. The average molecular weight is 279 g/mol. The van der Waals surface area contributed by atoms with Crippen LogP contribution in [0.2, 0.25) is 0 Å². The third kappa shape index (κ3) is 2.20. The van der Waals surface area contributed by atoms with E-state index in [2.05, 4.69) is 0 Å². The lowest BCUT2D eigenvalue weighted by atomic mass is 10.1. The minimum Gasteiger partial charge on any atom is -0.387 e. The highest BCUT2D eigenvalue weighted by molar-refractivity contribution is 6.19. The number of nitrogens with one attached hydrogen (secondary N) is 1. The molecule has 8 nitrogen and oxygen atoms in total. The first-order chi connectivity index (χ1) is 8.41. The molecule has 100 valence electrons. The fourth-order valence-corrected chi connectivity index (χ4v) is 1.98. The van der Waals surface area contributed by atoms with E-state index in [1.165, 1.54) is 0 Å². The summed E-state index contributed by atoms with van der Waals surface area (Å²) in [6.07, 6.45) is -4.24. The van der Waals surface area contributed by atoms with Crippen LogP contribution in [-0.2, 0) is 4.74 Å². The summed E-state index contributed by atoms with van der Waals surface area (Å²) in [5.74, 6) is 0. The predicted molar refractivity (Wildman–Crippen MR) is 59.1 cm³/mol. The Hall–Kier alpha value is -1.19. The molecule has 0 bridgehead atoms. The number of halogens is 1. The lowest BCUT2D eigenvalue weighted by molar-refractivity contribution is -0.0647. The van der Waals surface area contributed by atoms with Crippen LogP contribution in [0.3, 0.4) is 0 Å². The molecule has 5 atom stereocenters. The van der Waals surface area contributed by atoms with Gasteiger partial charge in [0.05, 0.1) is 0 Å². The Morgan fingerprint density at radius 1 is 1.39 bits per heavy atom. The van der Waals surface area contributed by atoms with Gasteiger partial charge in [0, 0.05) is 12.3 Å². The molecule has 9 heteroatoms. The van der Waals surface area contributed by atoms with Gasteiger partial charge in [0.1, 0.15) is 18.3 Å². The maximum atomic E-state index is 11.5. The maximum absolute atomic E-state index is 11.5. The second-order valence-electron chi connectivity index (χ2n) is 3.86. The van der Waals surface area contributed by atoms with E-state index in [1.807, 2.05) is 4.98 Å². The van der Waals surface area contributed by atoms with Crippen molar-refractivity contribution in [2.24, 2.45) is 0 Å². The van der Waals surface area contributed by atoms with E-state index in [0.29, 0.717) is 0 Å². The Morgan fingerprint density at radius 2 is 2.06 bits per heavy atom. The van der Waals surface area contributed by atoms with Crippen LogP contribution in [0.5, 0.6) is 0 Å². The standard InChI is InChI=1S/C9H11ClN2O6/c10-7(16)6-4(14)5(15)8(18-6)12-2-1-3(13)11-9(12)17/h1-2,4-8,14-16H,(H,11,13,17)/t4-,5+,6-,7?,8+/m0/s1. The monoisotopic (exact) mass is 278 g/mol. The van der Waals surface area contributed by atoms with Gasteiger partial charge in [0.25, 0.3) is 5.56 Å². The average Bonchev–Trinajstić information content (AvgIpc) is 2.57. The smallest absolute Gasteiger partial charge is 0.330 e. The number of aromatic amines is 1. The molecule has 0 radical (unpaired) electrons. The number of ether oxygens (including phenoxy) is 1. The molecule has 1 fully saturated rings. The zero-order valence-electron chi connectivity index (χ0n) is 8.93. The van der Waals surface area contributed by atoms with Crippen molar-refractivity contribution in [3.63, 3.8) is 0 Å². The molecule has 2 rings (SSSR count). The van der Waals surface area contributed by atoms with Crippen LogP contribution in [-0.4, -0.2) is 48.7 Å². The third-order valence-corrected chi connectivity index (χ3v) is 2.92. The van der Waals surface area contributed by atoms with Crippen molar-refractivity contribution in [1.29, 1.82) is 0 Å². The van der Waals surface area contributed by atoms with Gasteiger partial charge in [-0.15, -0.1) is 0 Å². The van der Waals surface area contributed by atoms with Gasteiger partial charge >= 0.3 is 5.69 Å². The number of nitrogens with zero attached hydrogens (tertiary/aromatic N) is 1. The van der Waals surface area contributed by atoms with Gasteiger partial charge in [-0.2, -0.15) is 0 Å². The molecule has 1 aliphatic rings. The maximum Gasteiger partial charge on any atom is 0.330 e. The van der Waals surface area contributed by atoms with Crippen LogP contribution in [0.1, 0.15) is 6.23 Å². The lowest BCUT2D eigenvalue weighted by Crippen LogP contribution is -2.38. The number of alkyl halides is 1. The van der Waals surface area contributed by atoms with Crippen LogP contribution in [0, 0.1) is 0 Å². The quantitative estimate of drug-likeness (QED) is 0.452. The molecule has 0 aromatic carbocycles. The van der Waals surface area contributed by atoms with Crippen LogP contribution >= 0.6 is 11.6 Å². The minimum atomic E-state index is -1.53. The SMILES string of the molecule is O=c1ccn([C@@H]2O[C@H](C(O)Cl)[C@@H](O)[C@H]2O)c(=O)[nH]1. The molecular weight excluding hydrogens is 268 g/mol. The van der Waals surface area contributed by atoms with Crippen molar-refractivity contribution in [2.75, 3.05) is 0 Å². The summed E-state index contributed by atoms with van der Waals surface area (Å²) in [7, 11) is 0. The molecular formula is C9H11ClN2O6. The Balaban J connectivity index is 2.35. The first-order valence-electron chi connectivity index (χ1n) is 5.07. The Morgan fingerprint density at radius 3 is 2.56 bits per heavy atom. The molecule has 4 N–H and O–H groups in total. The van der Waals surface area contributed by atoms with Crippen LogP contribution in [0.25, 0.3) is 0 Å². The van der Waals surface area contributed by atoms with E-state index in [0.717, 1.165) is 16.8 Å². The molecule has 1 aromatic rings. The van der Waals surface area contributed by atoms with Crippen molar-refractivity contribution in [3.05, 3.63) is 33.1 Å². The summed E-state index contributed by atoms with van der Waals surface area (Å²) in [5.41, 5.74) is -2.93. The van der Waals surface area contributed by atoms with Gasteiger partial charge in [-0.1, -0.05) is 11.6 Å². The van der Waals surface area contributed by atoms with Gasteiger partial charge in [-0.05, 0) is 0 Å². The van der Waals surface area contributed by atoms with Crippen molar-refractivity contribution >= 4 is 11.6 Å². The topological polar surface area (TPSA) is 125 Å². The predicted octanol–water partition coefficient (Wildman–Crippen LogP) is -2.29. The molecule has 1 aromatic heterocycles. The molecule has 2 heterocycles. The summed E-state index contributed by atoms with van der Waals surface area (Å²) in [6, 6.07) is 1.06. The van der Waals surface area contributed by atoms with Crippen molar-refractivity contribution < 1.29 is 20.1 Å². The molecule has 18 heavy (non-hydrogen) atoms. The van der Waals surface area contributed by atoms with E-state index in [9.17, 15) is 19.8 Å². The number of hydrogen-bond donors (Lipinski definition) is 4. The van der Waals surface area contributed by atoms with Crippen molar-refractivity contribution in [2.45, 2.75) is 30.1 Å². The number of hydrogen-bond acceptors (Lipinski definition) is 6. The van der Waals surface area contributed by atoms with E-state index in [-0.39, 0.29) is 0 Å². The summed E-state index contributed by atoms with van der Waals surface area (Å²) in [6.45, 7) is 0. The highest BCUT2D eigenvalue weighted by Gasteiger charge is 2.46. The van der Waals surface area contributed by atoms with E-state index in [4.69, 9.17) is 21.4 Å². The van der Waals surface area contributed by atoms with Crippen molar-refractivity contribution in [3.8, 4) is 0 Å². The second kappa shape index (κ2) is 4.82. The summed E-state index contributed by atoms with van der Waals surface area (Å²) >= 11 is 5.38. The zero-order chi connectivity index (χ0) is 13.4. The lowest BCUT2D eigenvalue weighted by Gasteiger charge is -2.16. The minimum absolute atomic E-state index is 0.599. The van der Waals surface area contributed by atoms with Crippen molar-refractivity contribution in [1.82, 2.24) is 9.55 Å². The molecule has 1 saturated heterocycles. The molecule has 0 aliphatic carbocycles. The number of aliphatic hydroxyl groups is 3. The number of rotatable bonds is 2. The molecule has 0 amide bonds. The fourth-order valence-electron chi connectivity index (χ4n) is 1.77. The van der Waals surface area contributed by atoms with Crippen LogP contribution in [0.4, 0.5) is 0 Å². The second-order valence-corrected chi connectivity index (χ2v) is 4.31. The Kier molecular flexibility index (Phi) is 3.55. The van der Waals surface area contributed by atoms with Gasteiger partial charge in [0.15, 0.2) is 11.8 Å². The first-order valence-corrected chi connectivity index (χ1v) is 5.50. The first kappa shape index (κ1) is 13.2.